The molecule has 0 saturated carbocycles. The molecular weight excluding hydrogens is 267 g/mol. The Hall–Kier alpha value is 1.14. The smallest absolute Gasteiger partial charge is 0.245 e. The highest BCUT2D eigenvalue weighted by molar-refractivity contribution is 9.12. The molecule has 0 bridgehead atoms. The average Bonchev–Trinajstić information content (AvgIpc) is 1.84. The Balaban J connectivity index is 3.73. The first-order valence-corrected chi connectivity index (χ1v) is 7.98. The van der Waals surface area contributed by atoms with Crippen molar-refractivity contribution in [3.05, 3.63) is 11.1 Å². The normalized spacial score (nSPS) is 15.9. The zero-order valence-corrected chi connectivity index (χ0v) is 10.2. The predicted molar refractivity (Wildman–Crippen MR) is 58.7 cm³/mol. The Morgan fingerprint density at radius 2 is 2.45 bits per heavy atom. The lowest BCUT2D eigenvalue weighted by Crippen LogP contribution is -1.85. The molecule has 0 aromatic heterocycles. The molecule has 1 atom stereocenters. The van der Waals surface area contributed by atoms with Crippen LogP contribution in [0.1, 0.15) is 6.92 Å². The molecule has 0 saturated heterocycles. The van der Waals surface area contributed by atoms with Crippen LogP contribution in [-0.4, -0.2) is 17.3 Å². The van der Waals surface area contributed by atoms with Crippen molar-refractivity contribution >= 4 is 44.8 Å². The van der Waals surface area contributed by atoms with Crippen LogP contribution in [-0.2, 0) is 16.3 Å². The number of rotatable bonds is 5. The van der Waals surface area contributed by atoms with Gasteiger partial charge in [-0.2, -0.15) is 0 Å². The Morgan fingerprint density at radius 1 is 1.91 bits per heavy atom. The lowest BCUT2D eigenvalue weighted by atomic mass is 10.8. The van der Waals surface area contributed by atoms with E-state index in [4.69, 9.17) is 16.3 Å². The lowest BCUT2D eigenvalue weighted by Gasteiger charge is -2.12. The van der Waals surface area contributed by atoms with Crippen LogP contribution in [0.25, 0.3) is 0 Å². The molecule has 0 amide bonds. The summed E-state index contributed by atoms with van der Waals surface area (Å²) in [4.78, 5) is 9.37. The minimum absolute atomic E-state index is 0.454. The van der Waals surface area contributed by atoms with Crippen LogP contribution in [0.4, 0.5) is 0 Å². The van der Waals surface area contributed by atoms with E-state index in [1.165, 1.54) is 11.4 Å². The van der Waals surface area contributed by atoms with Gasteiger partial charge in [0.15, 0.2) is 0 Å². The molecule has 0 aromatic carbocycles. The monoisotopic (exact) mass is 276 g/mol. The molecule has 11 heavy (non-hydrogen) atoms. The molecule has 1 N–H and O–H groups in total. The topological polar surface area (TPSA) is 29.5 Å². The number of hydrogen-bond acceptors (Lipinski definition) is 3. The van der Waals surface area contributed by atoms with Crippen molar-refractivity contribution in [1.29, 1.82) is 0 Å². The Bertz CT molecular complexity index is 185. The minimum Gasteiger partial charge on any atom is -0.337 e. The Kier molecular flexibility index (Phi) is 6.32. The minimum atomic E-state index is -2.59. The zero-order valence-electron chi connectivity index (χ0n) is 6.12. The lowest BCUT2D eigenvalue weighted by molar-refractivity contribution is 0.341. The van der Waals surface area contributed by atoms with Gasteiger partial charge in [-0.05, 0) is 23.2 Å². The highest BCUT2D eigenvalue weighted by Crippen LogP contribution is 2.56. The van der Waals surface area contributed by atoms with Crippen LogP contribution < -0.4 is 0 Å². The maximum atomic E-state index is 9.37. The van der Waals surface area contributed by atoms with Crippen molar-refractivity contribution in [3.63, 3.8) is 0 Å². The largest absolute Gasteiger partial charge is 0.337 e. The summed E-state index contributed by atoms with van der Waals surface area (Å²) in [5.74, 6) is 0.591. The van der Waals surface area contributed by atoms with Crippen LogP contribution in [0.3, 0.4) is 0 Å². The molecule has 0 aliphatic rings. The van der Waals surface area contributed by atoms with Crippen molar-refractivity contribution in [2.45, 2.75) is 6.92 Å². The summed E-state index contributed by atoms with van der Waals surface area (Å²) in [6.07, 6.45) is 0. The van der Waals surface area contributed by atoms with Gasteiger partial charge in [-0.25, -0.2) is 0 Å². The first-order chi connectivity index (χ1) is 4.98. The standard InChI is InChI=1S/C5H10BrO2PS2/c1-3-8-9(7,10)11-4-5(2)6/h2-4H2,1H3,(H,7,10). The summed E-state index contributed by atoms with van der Waals surface area (Å²) in [7, 11) is 0. The molecular formula is C5H10BrO2PS2. The first-order valence-electron chi connectivity index (χ1n) is 2.93. The number of halogens is 1. The van der Waals surface area contributed by atoms with Crippen LogP contribution in [0.2, 0.25) is 0 Å². The van der Waals surface area contributed by atoms with Crippen molar-refractivity contribution < 1.29 is 9.42 Å². The molecule has 0 rings (SSSR count). The van der Waals surface area contributed by atoms with Gasteiger partial charge in [-0.1, -0.05) is 33.9 Å². The molecule has 6 heteroatoms. The third kappa shape index (κ3) is 7.50. The van der Waals surface area contributed by atoms with Gasteiger partial charge in [0.25, 0.3) is 0 Å². The maximum Gasteiger partial charge on any atom is 0.245 e. The molecule has 0 aliphatic carbocycles. The average molecular weight is 277 g/mol. The van der Waals surface area contributed by atoms with E-state index in [0.29, 0.717) is 12.4 Å². The van der Waals surface area contributed by atoms with Gasteiger partial charge in [-0.3, -0.25) is 0 Å². The number of hydrogen-bond donors (Lipinski definition) is 1. The predicted octanol–water partition coefficient (Wildman–Crippen LogP) is 2.88. The third-order valence-electron chi connectivity index (χ3n) is 0.677. The Morgan fingerprint density at radius 3 is 2.82 bits per heavy atom. The van der Waals surface area contributed by atoms with E-state index in [9.17, 15) is 4.89 Å². The highest BCUT2D eigenvalue weighted by Gasteiger charge is 2.12. The molecule has 0 heterocycles. The molecule has 0 fully saturated rings. The summed E-state index contributed by atoms with van der Waals surface area (Å²) in [6.45, 7) is 5.88. The van der Waals surface area contributed by atoms with Crippen LogP contribution >= 0.6 is 33.0 Å². The van der Waals surface area contributed by atoms with Crippen molar-refractivity contribution in [3.8, 4) is 0 Å². The summed E-state index contributed by atoms with van der Waals surface area (Å²) < 4.78 is 5.77. The molecule has 1 unspecified atom stereocenters. The highest BCUT2D eigenvalue weighted by atomic mass is 79.9. The summed E-state index contributed by atoms with van der Waals surface area (Å²) in [6, 6.07) is 0. The van der Waals surface area contributed by atoms with E-state index in [1.54, 1.807) is 6.92 Å². The van der Waals surface area contributed by atoms with Crippen molar-refractivity contribution in [2.75, 3.05) is 12.4 Å². The summed E-state index contributed by atoms with van der Waals surface area (Å²) in [5, 5.41) is 0. The molecule has 0 aromatic rings. The molecule has 0 radical (unpaired) electrons. The van der Waals surface area contributed by atoms with E-state index in [0.717, 1.165) is 4.48 Å². The van der Waals surface area contributed by atoms with Gasteiger partial charge >= 0.3 is 0 Å². The maximum absolute atomic E-state index is 9.37. The van der Waals surface area contributed by atoms with Crippen molar-refractivity contribution in [1.82, 2.24) is 0 Å². The molecule has 0 spiro atoms. The Labute approximate surface area is 84.4 Å². The molecule has 0 aliphatic heterocycles. The van der Waals surface area contributed by atoms with E-state index < -0.39 is 5.69 Å². The van der Waals surface area contributed by atoms with Gasteiger partial charge in [0.2, 0.25) is 5.69 Å². The van der Waals surface area contributed by atoms with E-state index >= 15 is 0 Å². The SMILES string of the molecule is C=C(Br)CSP(O)(=S)OCC. The fraction of sp³-hybridized carbons (Fsp3) is 0.600. The third-order valence-corrected chi connectivity index (χ3v) is 5.66. The second-order valence-electron chi connectivity index (χ2n) is 1.68. The quantitative estimate of drug-likeness (QED) is 0.782. The van der Waals surface area contributed by atoms with Crippen molar-refractivity contribution in [2.24, 2.45) is 0 Å². The van der Waals surface area contributed by atoms with E-state index in [-0.39, 0.29) is 0 Å². The second kappa shape index (κ2) is 5.73. The van der Waals surface area contributed by atoms with Gasteiger partial charge < -0.3 is 9.42 Å². The molecule has 2 nitrogen and oxygen atoms in total. The van der Waals surface area contributed by atoms with Gasteiger partial charge in [0.05, 0.1) is 6.61 Å². The summed E-state index contributed by atoms with van der Waals surface area (Å²) in [5.41, 5.74) is -2.59. The fourth-order valence-electron chi connectivity index (χ4n) is 0.352. The van der Waals surface area contributed by atoms with E-state index in [2.05, 4.69) is 22.5 Å². The first kappa shape index (κ1) is 12.1. The van der Waals surface area contributed by atoms with Crippen LogP contribution in [0.5, 0.6) is 0 Å². The summed E-state index contributed by atoms with van der Waals surface area (Å²) >= 11 is 9.20. The molecule has 66 valence electrons. The van der Waals surface area contributed by atoms with Crippen LogP contribution in [0, 0.1) is 0 Å². The van der Waals surface area contributed by atoms with Crippen LogP contribution in [0.15, 0.2) is 11.1 Å². The zero-order chi connectivity index (χ0) is 8.91. The van der Waals surface area contributed by atoms with Gasteiger partial charge in [-0.15, -0.1) is 0 Å². The van der Waals surface area contributed by atoms with E-state index in [1.807, 2.05) is 0 Å². The van der Waals surface area contributed by atoms with Gasteiger partial charge in [0.1, 0.15) is 0 Å². The van der Waals surface area contributed by atoms with Gasteiger partial charge in [0, 0.05) is 5.75 Å². The second-order valence-corrected chi connectivity index (χ2v) is 8.98. The fourth-order valence-corrected chi connectivity index (χ4v) is 4.22.